The van der Waals surface area contributed by atoms with Crippen LogP contribution in [0.5, 0.6) is 0 Å². The summed E-state index contributed by atoms with van der Waals surface area (Å²) in [6, 6.07) is 20.9. The first kappa shape index (κ1) is 16.6. The molecule has 2 atom stereocenters. The smallest absolute Gasteiger partial charge is 0.240 e. The van der Waals surface area contributed by atoms with Gasteiger partial charge in [0.05, 0.1) is 11.0 Å². The molecule has 0 radical (unpaired) electrons. The van der Waals surface area contributed by atoms with E-state index in [1.165, 1.54) is 0 Å². The van der Waals surface area contributed by atoms with E-state index in [1.807, 2.05) is 42.5 Å². The predicted octanol–water partition coefficient (Wildman–Crippen LogP) is 3.24. The Balaban J connectivity index is 1.84. The van der Waals surface area contributed by atoms with Crippen LogP contribution in [0.4, 0.5) is 0 Å². The standard InChI is InChI=1S/C19H19NO3S/c1-14(19(21)16-8-3-2-4-9-16)20-24(22,23)18-12-11-15-7-5-6-10-17(15)13-18/h2-14,19-21H,1H3/t14-,19-/m0/s1. The minimum Gasteiger partial charge on any atom is -0.387 e. The third kappa shape index (κ3) is 3.48. The van der Waals surface area contributed by atoms with Gasteiger partial charge in [-0.05, 0) is 35.4 Å². The van der Waals surface area contributed by atoms with Gasteiger partial charge >= 0.3 is 0 Å². The van der Waals surface area contributed by atoms with Crippen LogP contribution in [0.3, 0.4) is 0 Å². The fourth-order valence-corrected chi connectivity index (χ4v) is 3.93. The van der Waals surface area contributed by atoms with Crippen molar-refractivity contribution < 1.29 is 13.5 Å². The van der Waals surface area contributed by atoms with Crippen LogP contribution >= 0.6 is 0 Å². The Labute approximate surface area is 141 Å². The number of benzene rings is 3. The first-order chi connectivity index (χ1) is 11.5. The first-order valence-corrected chi connectivity index (χ1v) is 9.20. The Morgan fingerprint density at radius 2 is 1.50 bits per heavy atom. The van der Waals surface area contributed by atoms with E-state index in [-0.39, 0.29) is 4.90 Å². The van der Waals surface area contributed by atoms with E-state index < -0.39 is 22.2 Å². The third-order valence-electron chi connectivity index (χ3n) is 3.99. The van der Waals surface area contributed by atoms with Gasteiger partial charge in [-0.1, -0.05) is 60.7 Å². The molecule has 0 heterocycles. The van der Waals surface area contributed by atoms with Crippen LogP contribution in [0.1, 0.15) is 18.6 Å². The molecule has 0 unspecified atom stereocenters. The lowest BCUT2D eigenvalue weighted by atomic mass is 10.0. The zero-order chi connectivity index (χ0) is 17.2. The van der Waals surface area contributed by atoms with Gasteiger partial charge in [-0.15, -0.1) is 0 Å². The topological polar surface area (TPSA) is 66.4 Å². The molecule has 0 amide bonds. The average molecular weight is 341 g/mol. The lowest BCUT2D eigenvalue weighted by Crippen LogP contribution is -2.37. The first-order valence-electron chi connectivity index (χ1n) is 7.71. The molecule has 3 aromatic rings. The van der Waals surface area contributed by atoms with Crippen molar-refractivity contribution >= 4 is 20.8 Å². The second-order valence-electron chi connectivity index (χ2n) is 5.77. The molecule has 2 N–H and O–H groups in total. The fraction of sp³-hybridized carbons (Fsp3) is 0.158. The Hall–Kier alpha value is -2.21. The van der Waals surface area contributed by atoms with E-state index in [2.05, 4.69) is 4.72 Å². The van der Waals surface area contributed by atoms with Crippen molar-refractivity contribution in [3.05, 3.63) is 78.4 Å². The van der Waals surface area contributed by atoms with Gasteiger partial charge in [-0.3, -0.25) is 0 Å². The highest BCUT2D eigenvalue weighted by Crippen LogP contribution is 2.21. The second kappa shape index (κ2) is 6.73. The molecule has 0 aliphatic heterocycles. The van der Waals surface area contributed by atoms with E-state index in [0.717, 1.165) is 10.8 Å². The van der Waals surface area contributed by atoms with Gasteiger partial charge in [0.1, 0.15) is 0 Å². The number of aliphatic hydroxyl groups is 1. The van der Waals surface area contributed by atoms with Crippen molar-refractivity contribution in [2.24, 2.45) is 0 Å². The minimum atomic E-state index is -3.71. The molecule has 24 heavy (non-hydrogen) atoms. The number of sulfonamides is 1. The number of hydrogen-bond acceptors (Lipinski definition) is 3. The zero-order valence-corrected chi connectivity index (χ0v) is 14.1. The van der Waals surface area contributed by atoms with Crippen molar-refractivity contribution in [2.45, 2.75) is 24.0 Å². The summed E-state index contributed by atoms with van der Waals surface area (Å²) in [4.78, 5) is 0.188. The summed E-state index contributed by atoms with van der Waals surface area (Å²) in [5, 5.41) is 12.2. The molecule has 0 saturated heterocycles. The molecule has 0 aromatic heterocycles. The summed E-state index contributed by atoms with van der Waals surface area (Å²) >= 11 is 0. The Morgan fingerprint density at radius 3 is 2.21 bits per heavy atom. The molecule has 5 heteroatoms. The van der Waals surface area contributed by atoms with Crippen LogP contribution in [0.25, 0.3) is 10.8 Å². The summed E-state index contributed by atoms with van der Waals surface area (Å²) in [6.45, 7) is 1.65. The normalized spacial score (nSPS) is 14.4. The molecule has 3 rings (SSSR count). The van der Waals surface area contributed by atoms with Crippen LogP contribution in [0, 0.1) is 0 Å². The van der Waals surface area contributed by atoms with Gasteiger partial charge in [-0.25, -0.2) is 13.1 Å². The van der Waals surface area contributed by atoms with Crippen LogP contribution in [0.15, 0.2) is 77.7 Å². The molecule has 0 aliphatic rings. The van der Waals surface area contributed by atoms with Gasteiger partial charge in [0.2, 0.25) is 10.0 Å². The van der Waals surface area contributed by atoms with Crippen LogP contribution in [-0.4, -0.2) is 19.6 Å². The number of fused-ring (bicyclic) bond motifs is 1. The SMILES string of the molecule is C[C@H](NS(=O)(=O)c1ccc2ccccc2c1)[C@H](O)c1ccccc1. The Morgan fingerprint density at radius 1 is 0.875 bits per heavy atom. The fourth-order valence-electron chi connectivity index (χ4n) is 2.65. The summed E-state index contributed by atoms with van der Waals surface area (Å²) in [6.07, 6.45) is -0.915. The van der Waals surface area contributed by atoms with E-state index >= 15 is 0 Å². The summed E-state index contributed by atoms with van der Waals surface area (Å²) in [7, 11) is -3.71. The molecular formula is C19H19NO3S. The number of nitrogens with one attached hydrogen (secondary N) is 1. The molecular weight excluding hydrogens is 322 g/mol. The molecule has 0 bridgehead atoms. The lowest BCUT2D eigenvalue weighted by molar-refractivity contribution is 0.146. The molecule has 3 aromatic carbocycles. The molecule has 0 aliphatic carbocycles. The van der Waals surface area contributed by atoms with Crippen LogP contribution in [0.2, 0.25) is 0 Å². The van der Waals surface area contributed by atoms with Crippen molar-refractivity contribution in [2.75, 3.05) is 0 Å². The van der Waals surface area contributed by atoms with E-state index in [9.17, 15) is 13.5 Å². The summed E-state index contributed by atoms with van der Waals surface area (Å²) < 4.78 is 27.8. The Bertz CT molecular complexity index is 939. The molecule has 0 fully saturated rings. The minimum absolute atomic E-state index is 0.188. The zero-order valence-electron chi connectivity index (χ0n) is 13.3. The van der Waals surface area contributed by atoms with Gasteiger partial charge in [-0.2, -0.15) is 0 Å². The third-order valence-corrected chi connectivity index (χ3v) is 5.54. The highest BCUT2D eigenvalue weighted by atomic mass is 32.2. The maximum atomic E-state index is 12.6. The highest BCUT2D eigenvalue weighted by molar-refractivity contribution is 7.89. The monoisotopic (exact) mass is 341 g/mol. The number of aliphatic hydroxyl groups excluding tert-OH is 1. The van der Waals surface area contributed by atoms with Crippen molar-refractivity contribution in [3.63, 3.8) is 0 Å². The summed E-state index contributed by atoms with van der Waals surface area (Å²) in [5.74, 6) is 0. The van der Waals surface area contributed by atoms with Crippen LogP contribution in [-0.2, 0) is 10.0 Å². The van der Waals surface area contributed by atoms with Crippen LogP contribution < -0.4 is 4.72 Å². The second-order valence-corrected chi connectivity index (χ2v) is 7.49. The molecule has 0 spiro atoms. The van der Waals surface area contributed by atoms with Gasteiger partial charge in [0, 0.05) is 6.04 Å². The van der Waals surface area contributed by atoms with E-state index in [4.69, 9.17) is 0 Å². The lowest BCUT2D eigenvalue weighted by Gasteiger charge is -2.20. The number of hydrogen-bond donors (Lipinski definition) is 2. The largest absolute Gasteiger partial charge is 0.387 e. The highest BCUT2D eigenvalue weighted by Gasteiger charge is 2.23. The maximum Gasteiger partial charge on any atom is 0.240 e. The Kier molecular flexibility index (Phi) is 4.66. The van der Waals surface area contributed by atoms with Crippen molar-refractivity contribution in [1.82, 2.24) is 4.72 Å². The van der Waals surface area contributed by atoms with E-state index in [1.54, 1.807) is 37.3 Å². The van der Waals surface area contributed by atoms with Gasteiger partial charge in [0.15, 0.2) is 0 Å². The molecule has 0 saturated carbocycles. The predicted molar refractivity (Wildman–Crippen MR) is 95.1 cm³/mol. The van der Waals surface area contributed by atoms with Gasteiger partial charge in [0.25, 0.3) is 0 Å². The number of rotatable bonds is 5. The van der Waals surface area contributed by atoms with Crippen molar-refractivity contribution in [1.29, 1.82) is 0 Å². The maximum absolute atomic E-state index is 12.6. The van der Waals surface area contributed by atoms with Crippen molar-refractivity contribution in [3.8, 4) is 0 Å². The summed E-state index contributed by atoms with van der Waals surface area (Å²) in [5.41, 5.74) is 0.672. The average Bonchev–Trinajstić information content (AvgIpc) is 2.61. The quantitative estimate of drug-likeness (QED) is 0.749. The molecule has 124 valence electrons. The van der Waals surface area contributed by atoms with E-state index in [0.29, 0.717) is 5.56 Å². The molecule has 4 nitrogen and oxygen atoms in total. The van der Waals surface area contributed by atoms with Gasteiger partial charge < -0.3 is 5.11 Å².